The van der Waals surface area contributed by atoms with E-state index in [2.05, 4.69) is 10.2 Å². The van der Waals surface area contributed by atoms with Crippen molar-refractivity contribution in [1.82, 2.24) is 24.5 Å². The van der Waals surface area contributed by atoms with Gasteiger partial charge in [0.15, 0.2) is 0 Å². The van der Waals surface area contributed by atoms with E-state index in [1.165, 1.54) is 0 Å². The number of amides is 1. The Morgan fingerprint density at radius 3 is 2.85 bits per heavy atom. The minimum Gasteiger partial charge on any atom is -0.382 e. The monoisotopic (exact) mass is 354 g/mol. The van der Waals surface area contributed by atoms with Gasteiger partial charge in [-0.2, -0.15) is 10.2 Å². The molecule has 0 saturated carbocycles. The Hall–Kier alpha value is -2.87. The van der Waals surface area contributed by atoms with Crippen LogP contribution in [0.1, 0.15) is 6.42 Å². The van der Waals surface area contributed by atoms with E-state index in [-0.39, 0.29) is 24.6 Å². The van der Waals surface area contributed by atoms with E-state index in [0.717, 1.165) is 17.3 Å². The number of nitrogens with two attached hydrogens (primary N) is 1. The van der Waals surface area contributed by atoms with Crippen LogP contribution in [0.5, 0.6) is 0 Å². The van der Waals surface area contributed by atoms with Gasteiger partial charge in [0.1, 0.15) is 12.4 Å². The molecule has 0 radical (unpaired) electrons. The van der Waals surface area contributed by atoms with Crippen molar-refractivity contribution in [2.24, 2.45) is 0 Å². The molecule has 8 heteroatoms. The molecule has 0 unspecified atom stereocenters. The molecule has 136 valence electrons. The summed E-state index contributed by atoms with van der Waals surface area (Å²) < 4.78 is 8.98. The van der Waals surface area contributed by atoms with Gasteiger partial charge >= 0.3 is 0 Å². The first-order valence-corrected chi connectivity index (χ1v) is 8.66. The lowest BCUT2D eigenvalue weighted by Gasteiger charge is -2.24. The molecule has 4 rings (SSSR count). The third-order valence-corrected chi connectivity index (χ3v) is 4.85. The van der Waals surface area contributed by atoms with Crippen molar-refractivity contribution in [1.29, 1.82) is 0 Å². The Morgan fingerprint density at radius 2 is 2.12 bits per heavy atom. The molecule has 2 aromatic heterocycles. The maximum Gasteiger partial charge on any atom is 0.244 e. The van der Waals surface area contributed by atoms with Gasteiger partial charge in [-0.15, -0.1) is 0 Å². The van der Waals surface area contributed by atoms with E-state index >= 15 is 0 Å². The molecule has 0 bridgehead atoms. The third-order valence-electron chi connectivity index (χ3n) is 4.85. The van der Waals surface area contributed by atoms with E-state index in [0.29, 0.717) is 18.9 Å². The highest BCUT2D eigenvalue weighted by Crippen LogP contribution is 2.22. The molecule has 1 amide bonds. The first-order valence-electron chi connectivity index (χ1n) is 8.66. The lowest BCUT2D eigenvalue weighted by atomic mass is 10.2. The first kappa shape index (κ1) is 16.6. The van der Waals surface area contributed by atoms with E-state index in [1.54, 1.807) is 22.5 Å². The molecule has 1 aliphatic rings. The van der Waals surface area contributed by atoms with Crippen LogP contribution in [0.3, 0.4) is 0 Å². The van der Waals surface area contributed by atoms with Crippen molar-refractivity contribution in [3.05, 3.63) is 42.7 Å². The van der Waals surface area contributed by atoms with Gasteiger partial charge in [-0.05, 0) is 18.6 Å². The van der Waals surface area contributed by atoms with E-state index in [4.69, 9.17) is 10.5 Å². The number of hydrogen-bond donors (Lipinski definition) is 1. The highest BCUT2D eigenvalue weighted by atomic mass is 16.5. The van der Waals surface area contributed by atoms with Gasteiger partial charge in [0.25, 0.3) is 0 Å². The zero-order chi connectivity index (χ0) is 18.1. The number of carbonyl (C=O) groups is 1. The molecule has 3 aromatic rings. The Kier molecular flexibility index (Phi) is 4.34. The van der Waals surface area contributed by atoms with Gasteiger partial charge < -0.3 is 15.4 Å². The number of ether oxygens (including phenoxy) is 1. The number of carbonyl (C=O) groups excluding carboxylic acids is 1. The topological polar surface area (TPSA) is 91.2 Å². The standard InChI is InChI=1S/C18H22N6O2/c1-26-15-8-14(10-22-7-6-17(19)21-22)24(11-15)18(25)12-23-9-13-4-2-3-5-16(13)20-23/h2-7,9,14-15H,8,10-12H2,1H3,(H2,19,21)/t14-,15+/m0/s1. The SMILES string of the molecule is CO[C@@H]1C[C@@H](Cn2ccc(N)n2)N(C(=O)Cn2cc3ccccc3n2)C1. The molecule has 1 saturated heterocycles. The summed E-state index contributed by atoms with van der Waals surface area (Å²) in [6.45, 7) is 1.39. The van der Waals surface area contributed by atoms with Crippen LogP contribution in [0.15, 0.2) is 42.7 Å². The number of aromatic nitrogens is 4. The van der Waals surface area contributed by atoms with E-state index in [1.807, 2.05) is 41.6 Å². The Labute approximate surface area is 151 Å². The molecule has 26 heavy (non-hydrogen) atoms. The Bertz CT molecular complexity index is 884. The minimum absolute atomic E-state index is 0.0247. The number of rotatable bonds is 5. The summed E-state index contributed by atoms with van der Waals surface area (Å²) in [5, 5.41) is 9.74. The summed E-state index contributed by atoms with van der Waals surface area (Å²) in [6, 6.07) is 9.62. The van der Waals surface area contributed by atoms with Crippen LogP contribution in [-0.4, -0.2) is 56.2 Å². The van der Waals surface area contributed by atoms with Gasteiger partial charge in [-0.1, -0.05) is 18.2 Å². The van der Waals surface area contributed by atoms with Crippen molar-refractivity contribution < 1.29 is 9.53 Å². The van der Waals surface area contributed by atoms with Crippen LogP contribution in [-0.2, 0) is 22.6 Å². The number of hydrogen-bond acceptors (Lipinski definition) is 5. The second kappa shape index (κ2) is 6.80. The van der Waals surface area contributed by atoms with Crippen LogP contribution >= 0.6 is 0 Å². The third kappa shape index (κ3) is 3.28. The van der Waals surface area contributed by atoms with Crippen molar-refractivity contribution in [2.75, 3.05) is 19.4 Å². The number of anilines is 1. The van der Waals surface area contributed by atoms with E-state index < -0.39 is 0 Å². The number of benzene rings is 1. The highest BCUT2D eigenvalue weighted by molar-refractivity contribution is 5.80. The lowest BCUT2D eigenvalue weighted by Crippen LogP contribution is -2.40. The average Bonchev–Trinajstić information content (AvgIpc) is 3.32. The fraction of sp³-hybridized carbons (Fsp3) is 0.389. The second-order valence-electron chi connectivity index (χ2n) is 6.64. The molecule has 3 heterocycles. The summed E-state index contributed by atoms with van der Waals surface area (Å²) in [5.41, 5.74) is 6.58. The fourth-order valence-electron chi connectivity index (χ4n) is 3.54. The van der Waals surface area contributed by atoms with Gasteiger partial charge in [-0.25, -0.2) is 0 Å². The maximum atomic E-state index is 12.9. The fourth-order valence-corrected chi connectivity index (χ4v) is 3.54. The molecule has 8 nitrogen and oxygen atoms in total. The normalized spacial score (nSPS) is 20.1. The highest BCUT2D eigenvalue weighted by Gasteiger charge is 2.35. The van der Waals surface area contributed by atoms with Crippen LogP contribution in [0.2, 0.25) is 0 Å². The molecule has 2 N–H and O–H groups in total. The molecular formula is C18H22N6O2. The predicted molar refractivity (Wildman–Crippen MR) is 97.3 cm³/mol. The molecular weight excluding hydrogens is 332 g/mol. The summed E-state index contributed by atoms with van der Waals surface area (Å²) in [6.07, 6.45) is 4.55. The van der Waals surface area contributed by atoms with Gasteiger partial charge in [0.2, 0.25) is 5.91 Å². The van der Waals surface area contributed by atoms with Crippen LogP contribution in [0, 0.1) is 0 Å². The van der Waals surface area contributed by atoms with Crippen LogP contribution < -0.4 is 5.73 Å². The number of likely N-dealkylation sites (tertiary alicyclic amines) is 1. The number of nitrogens with zero attached hydrogens (tertiary/aromatic N) is 5. The summed E-state index contributed by atoms with van der Waals surface area (Å²) in [7, 11) is 1.68. The van der Waals surface area contributed by atoms with Crippen molar-refractivity contribution >= 4 is 22.6 Å². The number of methoxy groups -OCH3 is 1. The van der Waals surface area contributed by atoms with Crippen molar-refractivity contribution in [3.63, 3.8) is 0 Å². The largest absolute Gasteiger partial charge is 0.382 e. The van der Waals surface area contributed by atoms with Gasteiger partial charge in [0.05, 0.1) is 24.2 Å². The molecule has 1 aliphatic heterocycles. The van der Waals surface area contributed by atoms with Gasteiger partial charge in [-0.3, -0.25) is 14.2 Å². The summed E-state index contributed by atoms with van der Waals surface area (Å²) >= 11 is 0. The quantitative estimate of drug-likeness (QED) is 0.742. The lowest BCUT2D eigenvalue weighted by molar-refractivity contribution is -0.133. The average molecular weight is 354 g/mol. The zero-order valence-corrected chi connectivity index (χ0v) is 14.7. The van der Waals surface area contributed by atoms with E-state index in [9.17, 15) is 4.79 Å². The number of nitrogen functional groups attached to an aromatic ring is 1. The molecule has 0 spiro atoms. The minimum atomic E-state index is 0.0247. The maximum absolute atomic E-state index is 12.9. The molecule has 1 aromatic carbocycles. The summed E-state index contributed by atoms with van der Waals surface area (Å²) in [5.74, 6) is 0.509. The van der Waals surface area contributed by atoms with Crippen LogP contribution in [0.4, 0.5) is 5.82 Å². The Balaban J connectivity index is 1.49. The molecule has 0 aliphatic carbocycles. The summed E-state index contributed by atoms with van der Waals surface area (Å²) in [4.78, 5) is 14.8. The van der Waals surface area contributed by atoms with Crippen molar-refractivity contribution in [2.45, 2.75) is 31.7 Å². The zero-order valence-electron chi connectivity index (χ0n) is 14.7. The first-order chi connectivity index (χ1) is 12.6. The predicted octanol–water partition coefficient (Wildman–Crippen LogP) is 1.13. The Morgan fingerprint density at radius 1 is 1.27 bits per heavy atom. The van der Waals surface area contributed by atoms with Crippen molar-refractivity contribution in [3.8, 4) is 0 Å². The van der Waals surface area contributed by atoms with Crippen LogP contribution in [0.25, 0.3) is 10.9 Å². The second-order valence-corrected chi connectivity index (χ2v) is 6.64. The number of fused-ring (bicyclic) bond motifs is 1. The smallest absolute Gasteiger partial charge is 0.244 e. The molecule has 2 atom stereocenters. The van der Waals surface area contributed by atoms with Gasteiger partial charge in [0, 0.05) is 31.4 Å². The molecule has 1 fully saturated rings.